The van der Waals surface area contributed by atoms with E-state index in [0.717, 1.165) is 28.3 Å². The van der Waals surface area contributed by atoms with Gasteiger partial charge in [0, 0.05) is 0 Å². The summed E-state index contributed by atoms with van der Waals surface area (Å²) in [5.74, 6) is 0.748. The number of aromatic nitrogens is 3. The van der Waals surface area contributed by atoms with Crippen LogP contribution in [-0.2, 0) is 5.41 Å². The van der Waals surface area contributed by atoms with Crippen molar-refractivity contribution in [2.45, 2.75) is 19.3 Å². The normalized spacial score (nSPS) is 14.2. The fourth-order valence-electron chi connectivity index (χ4n) is 10.6. The molecule has 0 spiro atoms. The molecule has 0 amide bonds. The summed E-state index contributed by atoms with van der Waals surface area (Å²) in [6, 6.07) is 73.8. The Morgan fingerprint density at radius 1 is 0.475 bits per heavy atom. The number of nitrogens with zero attached hydrogens (tertiary/aromatic N) is 3. The molecule has 10 aromatic rings. The topological polar surface area (TPSA) is 30.7 Å². The summed E-state index contributed by atoms with van der Waals surface area (Å²) >= 11 is -3.92. The molecule has 3 heterocycles. The molecule has 12 rings (SSSR count). The molecular formula is C55H39GeN3. The monoisotopic (exact) mass is 815 g/mol. The Bertz CT molecular complexity index is 3240. The van der Waals surface area contributed by atoms with Gasteiger partial charge in [-0.15, -0.1) is 0 Å². The SMILES string of the molecule is CC1(C)c2ccccc2-c2ccc3c4ccccc4n(-c4ccc5[c](c4)[Ge]([c]4ccccc4)([c]4ccccc4)[c]4c(-c6ccccc6)nc(-c6ccccc6)nc4-5)c3c21. The molecule has 0 radical (unpaired) electrons. The summed E-state index contributed by atoms with van der Waals surface area (Å²) in [6.45, 7) is 4.80. The first-order chi connectivity index (χ1) is 29.0. The van der Waals surface area contributed by atoms with Crippen LogP contribution in [0.3, 0.4) is 0 Å². The van der Waals surface area contributed by atoms with Crippen molar-refractivity contribution in [2.75, 3.05) is 0 Å². The summed E-state index contributed by atoms with van der Waals surface area (Å²) in [5, 5.41) is 2.55. The standard InChI is InChI=1S/C55H39GeN3/c1-55(2)46-29-17-15-27-41(46)43-33-34-44-42-28-16-18-30-48(42)59(53(44)49(43)55)40-31-32-45-47(35-40)56(38-23-11-5-12-24-38,39-25-13-6-14-26-39)50-51(36-19-7-3-8-20-36)57-54(58-52(45)50)37-21-9-4-10-22-37/h3-35H,1-2H3. The molecule has 278 valence electrons. The summed E-state index contributed by atoms with van der Waals surface area (Å²) in [4.78, 5) is 11.2. The van der Waals surface area contributed by atoms with Crippen molar-refractivity contribution in [1.82, 2.24) is 14.5 Å². The number of para-hydroxylation sites is 1. The Balaban J connectivity index is 1.23. The molecule has 4 heteroatoms. The van der Waals surface area contributed by atoms with Gasteiger partial charge in [0.1, 0.15) is 0 Å². The summed E-state index contributed by atoms with van der Waals surface area (Å²) in [6.07, 6.45) is 0. The van der Waals surface area contributed by atoms with Crippen LogP contribution in [0.4, 0.5) is 0 Å². The van der Waals surface area contributed by atoms with Gasteiger partial charge in [0.15, 0.2) is 0 Å². The van der Waals surface area contributed by atoms with Crippen molar-refractivity contribution in [1.29, 1.82) is 0 Å². The van der Waals surface area contributed by atoms with E-state index in [1.165, 1.54) is 72.9 Å². The maximum absolute atomic E-state index is 5.61. The van der Waals surface area contributed by atoms with Crippen molar-refractivity contribution in [3.63, 3.8) is 0 Å². The maximum atomic E-state index is 5.61. The summed E-state index contributed by atoms with van der Waals surface area (Å²) < 4.78 is 7.98. The van der Waals surface area contributed by atoms with Crippen LogP contribution in [0, 0.1) is 0 Å². The van der Waals surface area contributed by atoms with Gasteiger partial charge in [-0.2, -0.15) is 0 Å². The predicted molar refractivity (Wildman–Crippen MR) is 247 cm³/mol. The Morgan fingerprint density at radius 3 is 1.76 bits per heavy atom. The second-order valence-electron chi connectivity index (χ2n) is 16.5. The number of hydrogen-bond acceptors (Lipinski definition) is 2. The quantitative estimate of drug-likeness (QED) is 0.162. The van der Waals surface area contributed by atoms with Gasteiger partial charge in [-0.3, -0.25) is 0 Å². The molecule has 0 saturated heterocycles. The first kappa shape index (κ1) is 34.2. The number of benzene rings is 8. The first-order valence-corrected chi connectivity index (χ1v) is 24.7. The van der Waals surface area contributed by atoms with Crippen LogP contribution in [0.2, 0.25) is 0 Å². The van der Waals surface area contributed by atoms with Crippen molar-refractivity contribution in [3.05, 3.63) is 211 Å². The fraction of sp³-hybridized carbons (Fsp3) is 0.0545. The zero-order chi connectivity index (χ0) is 39.3. The van der Waals surface area contributed by atoms with Crippen molar-refractivity contribution >= 4 is 52.7 Å². The van der Waals surface area contributed by atoms with Gasteiger partial charge in [0.2, 0.25) is 0 Å². The van der Waals surface area contributed by atoms with Crippen LogP contribution in [-0.4, -0.2) is 27.8 Å². The third-order valence-electron chi connectivity index (χ3n) is 13.0. The van der Waals surface area contributed by atoms with Gasteiger partial charge in [-0.05, 0) is 0 Å². The molecule has 2 aromatic heterocycles. The molecular weight excluding hydrogens is 775 g/mol. The molecule has 0 N–H and O–H groups in total. The average molecular weight is 815 g/mol. The third-order valence-corrected chi connectivity index (χ3v) is 23.2. The minimum absolute atomic E-state index is 0.186. The van der Waals surface area contributed by atoms with Gasteiger partial charge >= 0.3 is 348 Å². The number of hydrogen-bond donors (Lipinski definition) is 0. The van der Waals surface area contributed by atoms with E-state index in [9.17, 15) is 0 Å². The Kier molecular flexibility index (Phi) is 7.45. The van der Waals surface area contributed by atoms with Crippen LogP contribution in [0.25, 0.3) is 72.5 Å². The van der Waals surface area contributed by atoms with Crippen molar-refractivity contribution < 1.29 is 0 Å². The number of rotatable bonds is 5. The second-order valence-corrected chi connectivity index (χ2v) is 24.2. The average Bonchev–Trinajstić information content (AvgIpc) is 3.88. The van der Waals surface area contributed by atoms with Gasteiger partial charge in [-0.25, -0.2) is 0 Å². The molecule has 8 aromatic carbocycles. The second kappa shape index (κ2) is 12.8. The minimum atomic E-state index is -3.92. The third kappa shape index (κ3) is 4.77. The van der Waals surface area contributed by atoms with Crippen LogP contribution >= 0.6 is 0 Å². The van der Waals surface area contributed by atoms with Crippen LogP contribution in [0.1, 0.15) is 25.0 Å². The van der Waals surface area contributed by atoms with E-state index < -0.39 is 13.3 Å². The van der Waals surface area contributed by atoms with Gasteiger partial charge in [0.05, 0.1) is 0 Å². The van der Waals surface area contributed by atoms with Crippen LogP contribution < -0.4 is 17.6 Å². The molecule has 59 heavy (non-hydrogen) atoms. The molecule has 1 aliphatic carbocycles. The molecule has 1 aliphatic heterocycles. The molecule has 3 nitrogen and oxygen atoms in total. The Hall–Kier alpha value is -6.82. The van der Waals surface area contributed by atoms with E-state index in [-0.39, 0.29) is 5.41 Å². The van der Waals surface area contributed by atoms with Crippen molar-refractivity contribution in [2.24, 2.45) is 0 Å². The van der Waals surface area contributed by atoms with Crippen LogP contribution in [0.15, 0.2) is 200 Å². The van der Waals surface area contributed by atoms with Gasteiger partial charge < -0.3 is 0 Å². The zero-order valence-electron chi connectivity index (χ0n) is 32.9. The Labute approximate surface area is 346 Å². The van der Waals surface area contributed by atoms with E-state index in [0.29, 0.717) is 0 Å². The molecule has 0 saturated carbocycles. The van der Waals surface area contributed by atoms with E-state index in [1.54, 1.807) is 0 Å². The zero-order valence-corrected chi connectivity index (χ0v) is 35.0. The first-order valence-electron chi connectivity index (χ1n) is 20.5. The van der Waals surface area contributed by atoms with Crippen molar-refractivity contribution in [3.8, 4) is 50.7 Å². The predicted octanol–water partition coefficient (Wildman–Crippen LogP) is 10.6. The molecule has 0 bridgehead atoms. The molecule has 0 fully saturated rings. The van der Waals surface area contributed by atoms with Gasteiger partial charge in [-0.1, -0.05) is 0 Å². The molecule has 2 aliphatic rings. The van der Waals surface area contributed by atoms with E-state index in [2.05, 4.69) is 219 Å². The van der Waals surface area contributed by atoms with E-state index in [1.807, 2.05) is 0 Å². The van der Waals surface area contributed by atoms with Crippen LogP contribution in [0.5, 0.6) is 0 Å². The van der Waals surface area contributed by atoms with E-state index >= 15 is 0 Å². The fourth-order valence-corrected chi connectivity index (χ4v) is 21.6. The Morgan fingerprint density at radius 2 is 1.05 bits per heavy atom. The summed E-state index contributed by atoms with van der Waals surface area (Å²) in [7, 11) is 0. The number of fused-ring (bicyclic) bond motifs is 10. The summed E-state index contributed by atoms with van der Waals surface area (Å²) in [5.41, 5.74) is 14.3. The molecule has 0 atom stereocenters. The van der Waals surface area contributed by atoms with E-state index in [4.69, 9.17) is 9.97 Å². The van der Waals surface area contributed by atoms with Gasteiger partial charge in [0.25, 0.3) is 0 Å². The molecule has 0 unspecified atom stereocenters.